The topological polar surface area (TPSA) is 83.8 Å². The van der Waals surface area contributed by atoms with E-state index in [1.807, 2.05) is 11.5 Å². The van der Waals surface area contributed by atoms with Gasteiger partial charge in [0, 0.05) is 6.54 Å². The van der Waals surface area contributed by atoms with Gasteiger partial charge in [-0.05, 0) is 22.9 Å². The van der Waals surface area contributed by atoms with Crippen molar-refractivity contribution in [1.82, 2.24) is 19.5 Å². The molecule has 0 unspecified atom stereocenters. The fourth-order valence-electron chi connectivity index (χ4n) is 1.34. The summed E-state index contributed by atoms with van der Waals surface area (Å²) in [5.74, 6) is -0.0346. The average molecular weight is 285 g/mol. The van der Waals surface area contributed by atoms with Crippen LogP contribution >= 0.6 is 15.9 Å². The molecule has 2 aromatic rings. The van der Waals surface area contributed by atoms with Crippen LogP contribution < -0.4 is 5.56 Å². The van der Waals surface area contributed by atoms with Crippen LogP contribution in [-0.2, 0) is 6.54 Å². The highest BCUT2D eigenvalue weighted by Gasteiger charge is 2.11. The summed E-state index contributed by atoms with van der Waals surface area (Å²) in [6.07, 6.45) is 3.21. The molecule has 0 bridgehead atoms. The van der Waals surface area contributed by atoms with Crippen molar-refractivity contribution in [2.24, 2.45) is 0 Å². The van der Waals surface area contributed by atoms with Gasteiger partial charge in [-0.2, -0.15) is 4.98 Å². The van der Waals surface area contributed by atoms with Gasteiger partial charge < -0.3 is 14.7 Å². The second-order valence-electron chi connectivity index (χ2n) is 3.12. The molecule has 84 valence electrons. The number of hydrogen-bond donors (Lipinski definition) is 2. The van der Waals surface area contributed by atoms with E-state index >= 15 is 0 Å². The monoisotopic (exact) mass is 284 g/mol. The van der Waals surface area contributed by atoms with Crippen molar-refractivity contribution in [2.75, 3.05) is 0 Å². The standard InChI is InChI=1S/C9H9BrN4O2/c1-2-14-4-11-3-5(14)7-12-8(15)6(10)9(16)13-7/h3-4H,2H2,1H3,(H2,12,13,15,16). The molecule has 0 spiro atoms. The number of aromatic hydroxyl groups is 1. The SMILES string of the molecule is CCn1cncc1-c1nc(O)c(Br)c(=O)[nH]1. The fourth-order valence-corrected chi connectivity index (χ4v) is 1.53. The molecule has 0 saturated heterocycles. The molecule has 6 nitrogen and oxygen atoms in total. The van der Waals surface area contributed by atoms with Gasteiger partial charge in [0.25, 0.3) is 5.56 Å². The molecule has 0 aliphatic carbocycles. The zero-order chi connectivity index (χ0) is 11.7. The first-order valence-corrected chi connectivity index (χ1v) is 5.42. The molecule has 0 saturated carbocycles. The van der Waals surface area contributed by atoms with Crippen LogP contribution in [0.4, 0.5) is 0 Å². The van der Waals surface area contributed by atoms with Gasteiger partial charge in [0.15, 0.2) is 5.82 Å². The van der Waals surface area contributed by atoms with Crippen LogP contribution in [0.3, 0.4) is 0 Å². The maximum atomic E-state index is 11.4. The van der Waals surface area contributed by atoms with Crippen LogP contribution in [0, 0.1) is 0 Å². The molecule has 0 atom stereocenters. The van der Waals surface area contributed by atoms with Crippen molar-refractivity contribution in [2.45, 2.75) is 13.5 Å². The van der Waals surface area contributed by atoms with Crippen molar-refractivity contribution in [3.05, 3.63) is 27.4 Å². The van der Waals surface area contributed by atoms with Crippen molar-refractivity contribution in [3.8, 4) is 17.4 Å². The van der Waals surface area contributed by atoms with Crippen molar-refractivity contribution < 1.29 is 5.11 Å². The Hall–Kier alpha value is -1.63. The van der Waals surface area contributed by atoms with Gasteiger partial charge in [-0.25, -0.2) is 4.98 Å². The zero-order valence-electron chi connectivity index (χ0n) is 8.44. The first-order chi connectivity index (χ1) is 7.63. The smallest absolute Gasteiger partial charge is 0.269 e. The average Bonchev–Trinajstić information content (AvgIpc) is 2.73. The van der Waals surface area contributed by atoms with E-state index in [0.29, 0.717) is 18.1 Å². The highest BCUT2D eigenvalue weighted by Crippen LogP contribution is 2.20. The highest BCUT2D eigenvalue weighted by molar-refractivity contribution is 9.10. The molecule has 0 aliphatic rings. The third kappa shape index (κ3) is 1.73. The third-order valence-electron chi connectivity index (χ3n) is 2.14. The number of aromatic nitrogens is 4. The van der Waals surface area contributed by atoms with E-state index in [-0.39, 0.29) is 10.4 Å². The fraction of sp³-hybridized carbons (Fsp3) is 0.222. The predicted molar refractivity (Wildman–Crippen MR) is 61.1 cm³/mol. The Bertz CT molecular complexity index is 575. The van der Waals surface area contributed by atoms with E-state index in [1.54, 1.807) is 12.5 Å². The summed E-state index contributed by atoms with van der Waals surface area (Å²) in [7, 11) is 0. The number of aromatic amines is 1. The van der Waals surface area contributed by atoms with Gasteiger partial charge in [-0.1, -0.05) is 0 Å². The largest absolute Gasteiger partial charge is 0.492 e. The van der Waals surface area contributed by atoms with Crippen LogP contribution in [-0.4, -0.2) is 24.6 Å². The summed E-state index contributed by atoms with van der Waals surface area (Å²) in [4.78, 5) is 21.8. The van der Waals surface area contributed by atoms with E-state index in [2.05, 4.69) is 30.9 Å². The maximum Gasteiger partial charge on any atom is 0.269 e. The molecule has 7 heteroatoms. The van der Waals surface area contributed by atoms with Crippen molar-refractivity contribution in [3.63, 3.8) is 0 Å². The number of nitrogens with one attached hydrogen (secondary N) is 1. The summed E-state index contributed by atoms with van der Waals surface area (Å²) in [5.41, 5.74) is 0.230. The summed E-state index contributed by atoms with van der Waals surface area (Å²) in [6, 6.07) is 0. The summed E-state index contributed by atoms with van der Waals surface area (Å²) >= 11 is 2.93. The third-order valence-corrected chi connectivity index (χ3v) is 2.86. The number of nitrogens with zero attached hydrogens (tertiary/aromatic N) is 3. The number of imidazole rings is 1. The number of aryl methyl sites for hydroxylation is 1. The van der Waals surface area contributed by atoms with E-state index in [0.717, 1.165) is 0 Å². The maximum absolute atomic E-state index is 11.4. The molecule has 2 aromatic heterocycles. The highest BCUT2D eigenvalue weighted by atomic mass is 79.9. The number of rotatable bonds is 2. The number of hydrogen-bond acceptors (Lipinski definition) is 4. The quantitative estimate of drug-likeness (QED) is 0.866. The second-order valence-corrected chi connectivity index (χ2v) is 3.91. The molecule has 0 aliphatic heterocycles. The summed E-state index contributed by atoms with van der Waals surface area (Å²) < 4.78 is 1.84. The van der Waals surface area contributed by atoms with E-state index in [4.69, 9.17) is 0 Å². The molecule has 2 rings (SSSR count). The first-order valence-electron chi connectivity index (χ1n) is 4.62. The Morgan fingerprint density at radius 1 is 1.62 bits per heavy atom. The summed E-state index contributed by atoms with van der Waals surface area (Å²) in [6.45, 7) is 2.65. The van der Waals surface area contributed by atoms with Crippen LogP contribution in [0.5, 0.6) is 5.88 Å². The Balaban J connectivity index is 2.61. The minimum Gasteiger partial charge on any atom is -0.492 e. The lowest BCUT2D eigenvalue weighted by atomic mass is 10.4. The Labute approximate surface area is 99.1 Å². The molecular formula is C9H9BrN4O2. The van der Waals surface area contributed by atoms with Crippen molar-refractivity contribution in [1.29, 1.82) is 0 Å². The minimum atomic E-state index is -0.425. The van der Waals surface area contributed by atoms with E-state index in [9.17, 15) is 9.90 Å². The minimum absolute atomic E-state index is 0.0267. The first kappa shape index (κ1) is 10.9. The predicted octanol–water partition coefficient (Wildman–Crippen LogP) is 1.12. The molecule has 2 heterocycles. The van der Waals surface area contributed by atoms with E-state index < -0.39 is 5.56 Å². The van der Waals surface area contributed by atoms with Gasteiger partial charge in [0.05, 0.1) is 12.5 Å². The normalized spacial score (nSPS) is 10.6. The zero-order valence-corrected chi connectivity index (χ0v) is 10.0. The lowest BCUT2D eigenvalue weighted by Gasteiger charge is -2.04. The molecule has 0 aromatic carbocycles. The lowest BCUT2D eigenvalue weighted by molar-refractivity contribution is 0.447. The molecular weight excluding hydrogens is 276 g/mol. The molecule has 0 amide bonds. The van der Waals surface area contributed by atoms with Crippen molar-refractivity contribution >= 4 is 15.9 Å². The van der Waals surface area contributed by atoms with Crippen LogP contribution in [0.2, 0.25) is 0 Å². The molecule has 16 heavy (non-hydrogen) atoms. The van der Waals surface area contributed by atoms with Gasteiger partial charge >= 0.3 is 0 Å². The Kier molecular flexibility index (Phi) is 2.78. The van der Waals surface area contributed by atoms with Gasteiger partial charge in [0.2, 0.25) is 5.88 Å². The van der Waals surface area contributed by atoms with Crippen LogP contribution in [0.1, 0.15) is 6.92 Å². The lowest BCUT2D eigenvalue weighted by Crippen LogP contribution is -2.11. The Morgan fingerprint density at radius 3 is 3.00 bits per heavy atom. The van der Waals surface area contributed by atoms with E-state index in [1.165, 1.54) is 0 Å². The second kappa shape index (κ2) is 4.09. The molecule has 0 radical (unpaired) electrons. The number of H-pyrrole nitrogens is 1. The van der Waals surface area contributed by atoms with Gasteiger partial charge in [0.1, 0.15) is 10.2 Å². The van der Waals surface area contributed by atoms with Crippen LogP contribution in [0.15, 0.2) is 21.8 Å². The summed E-state index contributed by atoms with van der Waals surface area (Å²) in [5, 5.41) is 9.44. The molecule has 2 N–H and O–H groups in total. The van der Waals surface area contributed by atoms with Gasteiger partial charge in [-0.15, -0.1) is 0 Å². The molecule has 0 fully saturated rings. The Morgan fingerprint density at radius 2 is 2.38 bits per heavy atom. The van der Waals surface area contributed by atoms with Gasteiger partial charge in [-0.3, -0.25) is 4.79 Å². The van der Waals surface area contributed by atoms with Crippen LogP contribution in [0.25, 0.3) is 11.5 Å². The number of halogens is 1.